The number of rotatable bonds is 5. The van der Waals surface area contributed by atoms with E-state index < -0.39 is 6.29 Å². The molecule has 2 fully saturated rings. The molecule has 0 radical (unpaired) electrons. The van der Waals surface area contributed by atoms with Gasteiger partial charge < -0.3 is 10.6 Å². The van der Waals surface area contributed by atoms with E-state index in [-0.39, 0.29) is 23.9 Å². The molecule has 3 atom stereocenters. The lowest BCUT2D eigenvalue weighted by atomic mass is 9.83. The van der Waals surface area contributed by atoms with E-state index in [0.717, 1.165) is 42.5 Å². The van der Waals surface area contributed by atoms with Crippen LogP contribution >= 0.6 is 0 Å². The van der Waals surface area contributed by atoms with Crippen molar-refractivity contribution in [3.8, 4) is 11.3 Å². The molecule has 0 spiro atoms. The smallest absolute Gasteiger partial charge is 0.320 e. The van der Waals surface area contributed by atoms with Crippen LogP contribution < -0.4 is 21.3 Å². The fourth-order valence-corrected chi connectivity index (χ4v) is 4.64. The summed E-state index contributed by atoms with van der Waals surface area (Å²) in [6, 6.07) is 21.1. The Labute approximate surface area is 192 Å². The summed E-state index contributed by atoms with van der Waals surface area (Å²) in [4.78, 5) is 25.5. The maximum absolute atomic E-state index is 12.8. The Bertz CT molecular complexity index is 1110. The van der Waals surface area contributed by atoms with Crippen molar-refractivity contribution in [3.63, 3.8) is 0 Å². The molecular weight excluding hydrogens is 416 g/mol. The van der Waals surface area contributed by atoms with Gasteiger partial charge in [-0.05, 0) is 18.4 Å². The third-order valence-electron chi connectivity index (χ3n) is 6.34. The minimum absolute atomic E-state index is 0.00950. The molecule has 1 aliphatic heterocycles. The summed E-state index contributed by atoms with van der Waals surface area (Å²) < 4.78 is 1.66. The van der Waals surface area contributed by atoms with E-state index in [1.165, 1.54) is 0 Å². The number of benzene rings is 2. The molecule has 1 saturated carbocycles. The van der Waals surface area contributed by atoms with Gasteiger partial charge in [-0.15, -0.1) is 0 Å². The molecule has 3 amide bonds. The minimum atomic E-state index is -0.529. The second-order valence-corrected chi connectivity index (χ2v) is 8.59. The maximum atomic E-state index is 12.8. The predicted molar refractivity (Wildman–Crippen MR) is 126 cm³/mol. The van der Waals surface area contributed by atoms with Crippen molar-refractivity contribution < 1.29 is 9.59 Å². The average molecular weight is 445 g/mol. The van der Waals surface area contributed by atoms with Crippen molar-refractivity contribution in [1.82, 2.24) is 25.7 Å². The largest absolute Gasteiger partial charge is 0.334 e. The quantitative estimate of drug-likeness (QED) is 0.483. The lowest BCUT2D eigenvalue weighted by Gasteiger charge is -2.40. The molecular formula is C25H28N6O2. The fourth-order valence-electron chi connectivity index (χ4n) is 4.64. The molecule has 4 N–H and O–H groups in total. The normalized spacial score (nSPS) is 22.2. The first-order valence-corrected chi connectivity index (χ1v) is 11.5. The Kier molecular flexibility index (Phi) is 6.08. The Morgan fingerprint density at radius 1 is 1.03 bits per heavy atom. The number of nitrogens with zero attached hydrogens (tertiary/aromatic N) is 2. The van der Waals surface area contributed by atoms with Crippen LogP contribution in [0.5, 0.6) is 0 Å². The van der Waals surface area contributed by atoms with Crippen LogP contribution in [0.3, 0.4) is 0 Å². The van der Waals surface area contributed by atoms with Crippen molar-refractivity contribution in [2.75, 3.05) is 5.32 Å². The number of urea groups is 1. The highest BCUT2D eigenvalue weighted by Gasteiger charge is 2.38. The molecule has 1 aromatic heterocycles. The third kappa shape index (κ3) is 4.75. The molecule has 2 aromatic carbocycles. The molecule has 0 bridgehead atoms. The molecule has 8 heteroatoms. The molecule has 3 unspecified atom stereocenters. The van der Waals surface area contributed by atoms with Crippen LogP contribution in [0.15, 0.2) is 66.7 Å². The van der Waals surface area contributed by atoms with Gasteiger partial charge in [0.15, 0.2) is 6.29 Å². The summed E-state index contributed by atoms with van der Waals surface area (Å²) in [6.07, 6.45) is 3.52. The van der Waals surface area contributed by atoms with Crippen molar-refractivity contribution in [2.45, 2.75) is 44.6 Å². The maximum Gasteiger partial charge on any atom is 0.320 e. The molecule has 33 heavy (non-hydrogen) atoms. The van der Waals surface area contributed by atoms with Crippen molar-refractivity contribution in [2.24, 2.45) is 5.92 Å². The highest BCUT2D eigenvalue weighted by molar-refractivity contribution is 5.89. The third-order valence-corrected chi connectivity index (χ3v) is 6.34. The Morgan fingerprint density at radius 3 is 2.55 bits per heavy atom. The van der Waals surface area contributed by atoms with Gasteiger partial charge in [0.05, 0.1) is 11.6 Å². The van der Waals surface area contributed by atoms with Gasteiger partial charge in [-0.1, -0.05) is 73.5 Å². The predicted octanol–water partition coefficient (Wildman–Crippen LogP) is 3.61. The topological polar surface area (TPSA) is 100 Å². The lowest BCUT2D eigenvalue weighted by molar-refractivity contribution is -0.132. The monoisotopic (exact) mass is 444 g/mol. The van der Waals surface area contributed by atoms with E-state index in [2.05, 4.69) is 21.3 Å². The lowest BCUT2D eigenvalue weighted by Crippen LogP contribution is -2.59. The minimum Gasteiger partial charge on any atom is -0.334 e. The van der Waals surface area contributed by atoms with Crippen molar-refractivity contribution in [1.29, 1.82) is 0 Å². The van der Waals surface area contributed by atoms with Crippen LogP contribution in [0.2, 0.25) is 0 Å². The van der Waals surface area contributed by atoms with Gasteiger partial charge in [0.25, 0.3) is 0 Å². The molecule has 170 valence electrons. The van der Waals surface area contributed by atoms with Gasteiger partial charge in [-0.25, -0.2) is 9.48 Å². The van der Waals surface area contributed by atoms with Gasteiger partial charge >= 0.3 is 6.03 Å². The second-order valence-electron chi connectivity index (χ2n) is 8.59. The number of nitrogens with one attached hydrogen (secondary N) is 4. The number of anilines is 1. The summed E-state index contributed by atoms with van der Waals surface area (Å²) in [7, 11) is 0. The molecule has 8 nitrogen and oxygen atoms in total. The van der Waals surface area contributed by atoms with Crippen LogP contribution in [0.1, 0.15) is 37.5 Å². The molecule has 2 aliphatic rings. The van der Waals surface area contributed by atoms with Crippen LogP contribution in [-0.2, 0) is 11.3 Å². The van der Waals surface area contributed by atoms with Gasteiger partial charge in [0.1, 0.15) is 5.82 Å². The first-order chi connectivity index (χ1) is 16.2. The van der Waals surface area contributed by atoms with Crippen LogP contribution in [0.4, 0.5) is 10.6 Å². The molecule has 1 aliphatic carbocycles. The first kappa shape index (κ1) is 21.2. The Balaban J connectivity index is 1.38. The number of fused-ring (bicyclic) bond motifs is 1. The molecule has 1 saturated heterocycles. The van der Waals surface area contributed by atoms with Crippen molar-refractivity contribution >= 4 is 17.8 Å². The fraction of sp³-hybridized carbons (Fsp3) is 0.320. The van der Waals surface area contributed by atoms with Gasteiger partial charge in [0, 0.05) is 24.2 Å². The van der Waals surface area contributed by atoms with E-state index in [9.17, 15) is 9.59 Å². The van der Waals surface area contributed by atoms with Crippen LogP contribution in [0, 0.1) is 5.92 Å². The highest BCUT2D eigenvalue weighted by atomic mass is 16.2. The Morgan fingerprint density at radius 2 is 1.76 bits per heavy atom. The highest BCUT2D eigenvalue weighted by Crippen LogP contribution is 2.30. The number of carbonyl (C=O) groups is 2. The molecule has 5 rings (SSSR count). The number of amides is 3. The van der Waals surface area contributed by atoms with Gasteiger partial charge in [-0.3, -0.25) is 15.4 Å². The average Bonchev–Trinajstić information content (AvgIpc) is 3.28. The molecule has 2 heterocycles. The zero-order valence-corrected chi connectivity index (χ0v) is 18.3. The summed E-state index contributed by atoms with van der Waals surface area (Å²) in [5, 5.41) is 17.1. The van der Waals surface area contributed by atoms with Crippen molar-refractivity contribution in [3.05, 3.63) is 72.3 Å². The van der Waals surface area contributed by atoms with E-state index >= 15 is 0 Å². The number of aromatic nitrogens is 2. The van der Waals surface area contributed by atoms with Crippen LogP contribution in [-0.4, -0.2) is 27.8 Å². The van der Waals surface area contributed by atoms with Crippen LogP contribution in [0.25, 0.3) is 11.3 Å². The first-order valence-electron chi connectivity index (χ1n) is 11.5. The standard InChI is InChI=1S/C25H28N6O2/c32-23-19-13-7-8-14-20(19)27-24(29-23)31-22(15-21(30-31)18-11-5-2-6-12-18)28-25(33)26-16-17-9-3-1-4-10-17/h1-6,9-12,15,19-20,24,27H,7-8,13-14,16H2,(H,29,32)(H2,26,28,33). The van der Waals surface area contributed by atoms with E-state index in [4.69, 9.17) is 5.10 Å². The van der Waals surface area contributed by atoms with E-state index in [0.29, 0.717) is 12.4 Å². The number of carbonyl (C=O) groups excluding carboxylic acids is 2. The van der Waals surface area contributed by atoms with Gasteiger partial charge in [0.2, 0.25) is 5.91 Å². The second kappa shape index (κ2) is 9.46. The summed E-state index contributed by atoms with van der Waals surface area (Å²) in [6.45, 7) is 0.411. The van der Waals surface area contributed by atoms with E-state index in [1.807, 2.05) is 66.7 Å². The zero-order chi connectivity index (χ0) is 22.6. The summed E-state index contributed by atoms with van der Waals surface area (Å²) in [5.41, 5.74) is 2.66. The SMILES string of the molecule is O=C(NCc1ccccc1)Nc1cc(-c2ccccc2)nn1C1NC(=O)C2CCCCC2N1. The Hall–Kier alpha value is -3.65. The van der Waals surface area contributed by atoms with Gasteiger partial charge in [-0.2, -0.15) is 5.10 Å². The number of hydrogen-bond donors (Lipinski definition) is 4. The summed E-state index contributed by atoms with van der Waals surface area (Å²) >= 11 is 0. The zero-order valence-electron chi connectivity index (χ0n) is 18.3. The van der Waals surface area contributed by atoms with E-state index in [1.54, 1.807) is 4.68 Å². The summed E-state index contributed by atoms with van der Waals surface area (Å²) in [5.74, 6) is 0.538. The number of hydrogen-bond acceptors (Lipinski definition) is 4. The molecule has 3 aromatic rings.